The molecule has 0 spiro atoms. The van der Waals surface area contributed by atoms with Gasteiger partial charge in [-0.05, 0) is 51.2 Å². The van der Waals surface area contributed by atoms with Crippen molar-refractivity contribution in [1.82, 2.24) is 20.9 Å². The summed E-state index contributed by atoms with van der Waals surface area (Å²) < 4.78 is 40.5. The van der Waals surface area contributed by atoms with Gasteiger partial charge in [0.2, 0.25) is 0 Å². The lowest BCUT2D eigenvalue weighted by atomic mass is 9.69. The number of hydrogen-bond acceptors (Lipinski definition) is 8. The van der Waals surface area contributed by atoms with Gasteiger partial charge in [0.15, 0.2) is 12.1 Å². The number of fused-ring (bicyclic) bond motifs is 3. The first-order valence-electron chi connectivity index (χ1n) is 14.8. The van der Waals surface area contributed by atoms with Crippen molar-refractivity contribution >= 4 is 21.9 Å². The molecule has 0 radical (unpaired) electrons. The molecule has 3 N–H and O–H groups in total. The number of unbranched alkanes of at least 4 members (excludes halogenated alkanes) is 1. The molecule has 5 aliphatic heterocycles. The second kappa shape index (κ2) is 11.0. The van der Waals surface area contributed by atoms with Gasteiger partial charge in [-0.2, -0.15) is 4.36 Å². The van der Waals surface area contributed by atoms with Crippen LogP contribution in [0.15, 0.2) is 32.9 Å². The van der Waals surface area contributed by atoms with E-state index < -0.39 is 22.1 Å². The van der Waals surface area contributed by atoms with Crippen LogP contribution in [0.25, 0.3) is 0 Å². The number of hydrogen-bond donors (Lipinski definition) is 3. The number of guanidine groups is 1. The fraction of sp³-hybridized carbons (Fsp3) is 0.793. The van der Waals surface area contributed by atoms with E-state index in [1.54, 1.807) is 12.5 Å². The molecule has 9 nitrogen and oxygen atoms in total. The molecule has 5 rings (SSSR count). The third kappa shape index (κ3) is 5.83. The average molecular weight is 579 g/mol. The third-order valence-corrected chi connectivity index (χ3v) is 9.95. The van der Waals surface area contributed by atoms with E-state index >= 15 is 0 Å². The summed E-state index contributed by atoms with van der Waals surface area (Å²) >= 11 is 0. The molecule has 7 atom stereocenters. The third-order valence-electron chi connectivity index (χ3n) is 9.31. The summed E-state index contributed by atoms with van der Waals surface area (Å²) in [5.74, 6) is 1.50. The fourth-order valence-corrected chi connectivity index (χ4v) is 7.66. The van der Waals surface area contributed by atoms with Gasteiger partial charge >= 0.3 is 0 Å². The molecule has 224 valence electrons. The molecule has 5 unspecified atom stereocenters. The minimum Gasteiger partial charge on any atom is -0.375 e. The lowest BCUT2D eigenvalue weighted by Crippen LogP contribution is -2.64. The van der Waals surface area contributed by atoms with Crippen LogP contribution in [-0.2, 0) is 14.5 Å². The Morgan fingerprint density at radius 1 is 1.30 bits per heavy atom. The first kappa shape index (κ1) is 29.5. The quantitative estimate of drug-likeness (QED) is 0.420. The van der Waals surface area contributed by atoms with Crippen molar-refractivity contribution in [2.75, 3.05) is 32.7 Å². The maximum Gasteiger partial charge on any atom is 0.259 e. The monoisotopic (exact) mass is 578 g/mol. The van der Waals surface area contributed by atoms with Crippen LogP contribution < -0.4 is 16.0 Å². The smallest absolute Gasteiger partial charge is 0.259 e. The zero-order valence-electron chi connectivity index (χ0n) is 25.2. The van der Waals surface area contributed by atoms with Crippen LogP contribution >= 0.6 is 0 Å². The maximum absolute atomic E-state index is 14.9. The Hall–Kier alpha value is -1.98. The van der Waals surface area contributed by atoms with E-state index in [0.29, 0.717) is 31.4 Å². The zero-order valence-corrected chi connectivity index (χ0v) is 26.1. The van der Waals surface area contributed by atoms with Crippen molar-refractivity contribution in [3.8, 4) is 0 Å². The van der Waals surface area contributed by atoms with E-state index in [4.69, 9.17) is 9.73 Å². The molecule has 5 heterocycles. The van der Waals surface area contributed by atoms with Crippen LogP contribution in [0.4, 0.5) is 4.39 Å². The minimum absolute atomic E-state index is 0.0436. The summed E-state index contributed by atoms with van der Waals surface area (Å²) in [6.07, 6.45) is 13.2. The predicted molar refractivity (Wildman–Crippen MR) is 159 cm³/mol. The van der Waals surface area contributed by atoms with E-state index in [-0.39, 0.29) is 35.3 Å². The highest BCUT2D eigenvalue weighted by Gasteiger charge is 2.63. The van der Waals surface area contributed by atoms with Crippen LogP contribution in [0.1, 0.15) is 66.2 Å². The second-order valence-electron chi connectivity index (χ2n) is 13.4. The molecule has 40 heavy (non-hydrogen) atoms. The number of dihydropyridines is 1. The Balaban J connectivity index is 1.51. The largest absolute Gasteiger partial charge is 0.375 e. The molecule has 0 saturated carbocycles. The van der Waals surface area contributed by atoms with E-state index in [1.165, 1.54) is 5.57 Å². The van der Waals surface area contributed by atoms with Gasteiger partial charge in [0.05, 0.1) is 18.4 Å². The van der Waals surface area contributed by atoms with Crippen molar-refractivity contribution in [3.63, 3.8) is 0 Å². The van der Waals surface area contributed by atoms with Gasteiger partial charge in [-0.15, -0.1) is 0 Å². The molecular formula is C29H49FN7O2S+. The van der Waals surface area contributed by atoms with E-state index in [1.807, 2.05) is 23.9 Å². The highest BCUT2D eigenvalue weighted by molar-refractivity contribution is 7.92. The van der Waals surface area contributed by atoms with Gasteiger partial charge in [0.1, 0.15) is 25.2 Å². The first-order valence-corrected chi connectivity index (χ1v) is 17.2. The predicted octanol–water partition coefficient (Wildman–Crippen LogP) is 3.15. The Kier molecular flexibility index (Phi) is 8.13. The fourth-order valence-electron chi connectivity index (χ4n) is 7.07. The van der Waals surface area contributed by atoms with Gasteiger partial charge in [0.25, 0.3) is 6.17 Å². The summed E-state index contributed by atoms with van der Waals surface area (Å²) in [4.78, 5) is 7.50. The standard InChI is InChI=1S/C29H49FN7O2S/c1-8-9-11-19-13-14-23(35-40(6,7)38)32-24(19)37-22-16-28(2,3)39-18-29(22,4)20-17-31-27(33-25(20)37)34-26-21(30)12-10-15-36(26)5/h13-15,20-22,24-26,32H,8-12,16-18H2,1-7H3,(H2,31,33,34)/q+1/t20?,21?,22-,24?,25?,26?,29-/m1/s1. The molecule has 5 aliphatic rings. The summed E-state index contributed by atoms with van der Waals surface area (Å²) in [5.41, 5.74) is 0.918. The number of halogens is 1. The number of aliphatic imine (C=N–C) groups is 1. The van der Waals surface area contributed by atoms with Crippen LogP contribution in [0.5, 0.6) is 0 Å². The van der Waals surface area contributed by atoms with E-state index in [0.717, 1.165) is 32.1 Å². The molecule has 0 amide bonds. The van der Waals surface area contributed by atoms with E-state index in [2.05, 4.69) is 59.0 Å². The normalized spacial score (nSPS) is 37.5. The van der Waals surface area contributed by atoms with Crippen LogP contribution in [-0.4, -0.2) is 94.9 Å². The number of alkyl halides is 1. The van der Waals surface area contributed by atoms with Crippen molar-refractivity contribution < 1.29 is 17.9 Å². The molecule has 0 aromatic rings. The van der Waals surface area contributed by atoms with Gasteiger partial charge in [-0.3, -0.25) is 15.2 Å². The van der Waals surface area contributed by atoms with Crippen molar-refractivity contribution in [2.24, 2.45) is 20.7 Å². The van der Waals surface area contributed by atoms with Gasteiger partial charge in [0, 0.05) is 52.6 Å². The summed E-state index contributed by atoms with van der Waals surface area (Å²) in [6, 6.07) is 0.211. The van der Waals surface area contributed by atoms with Crippen LogP contribution in [0, 0.1) is 11.3 Å². The van der Waals surface area contributed by atoms with E-state index in [9.17, 15) is 8.60 Å². The topological polar surface area (TPSA) is 93.4 Å². The minimum atomic E-state index is -2.33. The second-order valence-corrected chi connectivity index (χ2v) is 15.9. The number of allylic oxidation sites excluding steroid dienone is 2. The molecule has 0 aromatic carbocycles. The Morgan fingerprint density at radius 2 is 2.08 bits per heavy atom. The lowest BCUT2D eigenvalue weighted by molar-refractivity contribution is -0.551. The zero-order chi connectivity index (χ0) is 28.9. The highest BCUT2D eigenvalue weighted by Crippen LogP contribution is 2.53. The summed E-state index contributed by atoms with van der Waals surface area (Å²) in [6.45, 7) is 10.2. The molecule has 0 aliphatic carbocycles. The van der Waals surface area contributed by atoms with Crippen molar-refractivity contribution in [2.45, 2.75) is 103 Å². The first-order chi connectivity index (χ1) is 18.8. The molecule has 0 bridgehead atoms. The maximum atomic E-state index is 14.9. The number of likely N-dealkylation sites (tertiary alicyclic amines) is 1. The van der Waals surface area contributed by atoms with Gasteiger partial charge < -0.3 is 15.4 Å². The summed E-state index contributed by atoms with van der Waals surface area (Å²) in [5, 5.41) is 10.8. The number of ether oxygens (including phenoxy) is 1. The van der Waals surface area contributed by atoms with Crippen molar-refractivity contribution in [3.05, 3.63) is 23.5 Å². The Labute approximate surface area is 240 Å². The average Bonchev–Trinajstić information content (AvgIpc) is 3.11. The van der Waals surface area contributed by atoms with Crippen molar-refractivity contribution in [1.29, 1.82) is 0 Å². The van der Waals surface area contributed by atoms with Crippen LogP contribution in [0.2, 0.25) is 0 Å². The SMILES string of the molecule is CCCCC1=CC=C(N=S(C)(C)=O)NC1N1C2NC(NC3C(F)CCC=[N+]3C)=NCC2[C@@]2(C)COC(C)(C)C[C@@H]12. The molecule has 2 saturated heterocycles. The lowest BCUT2D eigenvalue weighted by Gasteiger charge is -2.49. The molecule has 11 heteroatoms. The number of nitrogens with zero attached hydrogens (tertiary/aromatic N) is 4. The number of rotatable bonds is 6. The summed E-state index contributed by atoms with van der Waals surface area (Å²) in [7, 11) is -0.413. The molecule has 2 fully saturated rings. The Bertz CT molecular complexity index is 1230. The molecule has 0 aromatic heterocycles. The number of nitrogens with one attached hydrogen (secondary N) is 3. The van der Waals surface area contributed by atoms with Crippen LogP contribution in [0.3, 0.4) is 0 Å². The highest BCUT2D eigenvalue weighted by atomic mass is 32.2. The van der Waals surface area contributed by atoms with Gasteiger partial charge in [-0.1, -0.05) is 26.3 Å². The Morgan fingerprint density at radius 3 is 2.77 bits per heavy atom. The van der Waals surface area contributed by atoms with Gasteiger partial charge in [-0.25, -0.2) is 13.2 Å². The molecular weight excluding hydrogens is 529 g/mol.